The van der Waals surface area contributed by atoms with Crippen LogP contribution in [0.4, 0.5) is 5.69 Å². The molecule has 1 heterocycles. The van der Waals surface area contributed by atoms with Gasteiger partial charge in [0.15, 0.2) is 0 Å². The van der Waals surface area contributed by atoms with Crippen LogP contribution in [0.1, 0.15) is 12.0 Å². The van der Waals surface area contributed by atoms with Crippen molar-refractivity contribution >= 4 is 5.69 Å². The lowest BCUT2D eigenvalue weighted by Gasteiger charge is -2.25. The van der Waals surface area contributed by atoms with E-state index in [1.54, 1.807) is 14.2 Å². The van der Waals surface area contributed by atoms with Crippen LogP contribution in [0.25, 0.3) is 0 Å². The fourth-order valence-corrected chi connectivity index (χ4v) is 2.62. The molecule has 0 amide bonds. The highest BCUT2D eigenvalue weighted by Gasteiger charge is 2.33. The van der Waals surface area contributed by atoms with Crippen molar-refractivity contribution in [3.8, 4) is 11.5 Å². The number of ether oxygens (including phenoxy) is 2. The third kappa shape index (κ3) is 2.48. The van der Waals surface area contributed by atoms with Crippen LogP contribution < -0.4 is 20.1 Å². The van der Waals surface area contributed by atoms with E-state index in [0.29, 0.717) is 12.8 Å². The minimum absolute atomic E-state index is 0.237. The molecule has 2 rings (SSSR count). The maximum Gasteiger partial charge on any atom is 0.142 e. The predicted molar refractivity (Wildman–Crippen MR) is 75.1 cm³/mol. The van der Waals surface area contributed by atoms with Crippen LogP contribution in [0, 0.1) is 0 Å². The Balaban J connectivity index is 2.58. The van der Waals surface area contributed by atoms with Gasteiger partial charge in [0.05, 0.1) is 25.5 Å². The van der Waals surface area contributed by atoms with Gasteiger partial charge in [0.2, 0.25) is 0 Å². The number of hydrogen-bond acceptors (Lipinski definition) is 5. The van der Waals surface area contributed by atoms with Gasteiger partial charge in [0.1, 0.15) is 11.5 Å². The number of hydrogen-bond donors (Lipinski definition) is 2. The third-order valence-corrected chi connectivity index (χ3v) is 3.82. The van der Waals surface area contributed by atoms with Gasteiger partial charge in [-0.3, -0.25) is 0 Å². The standard InChI is InChI=1S/C14H22N2O3/c1-16-7-6-14(17,9-15)8-10-11(18-2)4-5-12(19-3)13(10)16/h4-5,17H,6-9,15H2,1-3H3. The van der Waals surface area contributed by atoms with E-state index in [-0.39, 0.29) is 6.54 Å². The van der Waals surface area contributed by atoms with E-state index in [4.69, 9.17) is 15.2 Å². The topological polar surface area (TPSA) is 67.9 Å². The van der Waals surface area contributed by atoms with Crippen LogP contribution in [0.5, 0.6) is 11.5 Å². The summed E-state index contributed by atoms with van der Waals surface area (Å²) in [5.74, 6) is 1.55. The van der Waals surface area contributed by atoms with Gasteiger partial charge in [-0.15, -0.1) is 0 Å². The van der Waals surface area contributed by atoms with Crippen molar-refractivity contribution in [2.24, 2.45) is 5.73 Å². The predicted octanol–water partition coefficient (Wildman–Crippen LogP) is 0.776. The SMILES string of the molecule is COc1ccc(OC)c2c1CC(O)(CN)CCN2C. The van der Waals surface area contributed by atoms with E-state index in [1.165, 1.54) is 0 Å². The first-order chi connectivity index (χ1) is 9.04. The number of anilines is 1. The van der Waals surface area contributed by atoms with Gasteiger partial charge < -0.3 is 25.2 Å². The second-order valence-corrected chi connectivity index (χ2v) is 5.07. The quantitative estimate of drug-likeness (QED) is 0.846. The summed E-state index contributed by atoms with van der Waals surface area (Å²) in [4.78, 5) is 2.09. The van der Waals surface area contributed by atoms with Crippen LogP contribution in [0.15, 0.2) is 12.1 Å². The number of rotatable bonds is 3. The van der Waals surface area contributed by atoms with E-state index < -0.39 is 5.60 Å². The molecule has 1 aliphatic rings. The zero-order valence-electron chi connectivity index (χ0n) is 11.8. The Hall–Kier alpha value is -1.46. The molecule has 1 aliphatic heterocycles. The van der Waals surface area contributed by atoms with E-state index in [2.05, 4.69) is 4.90 Å². The highest BCUT2D eigenvalue weighted by atomic mass is 16.5. The molecule has 3 N–H and O–H groups in total. The van der Waals surface area contributed by atoms with Gasteiger partial charge in [0, 0.05) is 32.1 Å². The molecule has 0 aromatic heterocycles. The summed E-state index contributed by atoms with van der Waals surface area (Å²) in [6.07, 6.45) is 1.10. The zero-order valence-corrected chi connectivity index (χ0v) is 11.8. The Labute approximate surface area is 113 Å². The molecule has 19 heavy (non-hydrogen) atoms. The molecule has 5 nitrogen and oxygen atoms in total. The fraction of sp³-hybridized carbons (Fsp3) is 0.571. The summed E-state index contributed by atoms with van der Waals surface area (Å²) in [6, 6.07) is 3.76. The van der Waals surface area contributed by atoms with Crippen molar-refractivity contribution in [3.63, 3.8) is 0 Å². The minimum Gasteiger partial charge on any atom is -0.496 e. The van der Waals surface area contributed by atoms with E-state index in [1.807, 2.05) is 19.2 Å². The van der Waals surface area contributed by atoms with Crippen molar-refractivity contribution in [3.05, 3.63) is 17.7 Å². The minimum atomic E-state index is -0.890. The molecule has 0 bridgehead atoms. The normalized spacial score (nSPS) is 22.7. The fourth-order valence-electron chi connectivity index (χ4n) is 2.62. The summed E-state index contributed by atoms with van der Waals surface area (Å²) >= 11 is 0. The monoisotopic (exact) mass is 266 g/mol. The lowest BCUT2D eigenvalue weighted by atomic mass is 9.91. The van der Waals surface area contributed by atoms with Gasteiger partial charge in [-0.05, 0) is 18.6 Å². The number of methoxy groups -OCH3 is 2. The van der Waals surface area contributed by atoms with Gasteiger partial charge in [-0.1, -0.05) is 0 Å². The first-order valence-corrected chi connectivity index (χ1v) is 6.42. The summed E-state index contributed by atoms with van der Waals surface area (Å²) in [5.41, 5.74) is 6.77. The third-order valence-electron chi connectivity index (χ3n) is 3.82. The van der Waals surface area contributed by atoms with Crippen molar-refractivity contribution in [1.29, 1.82) is 0 Å². The molecule has 1 unspecified atom stereocenters. The Morgan fingerprint density at radius 2 is 1.95 bits per heavy atom. The maximum absolute atomic E-state index is 10.6. The van der Waals surface area contributed by atoms with Gasteiger partial charge in [0.25, 0.3) is 0 Å². The molecule has 0 fully saturated rings. The van der Waals surface area contributed by atoms with E-state index in [0.717, 1.165) is 29.3 Å². The Morgan fingerprint density at radius 1 is 1.32 bits per heavy atom. The first-order valence-electron chi connectivity index (χ1n) is 6.42. The molecule has 106 valence electrons. The number of fused-ring (bicyclic) bond motifs is 1. The van der Waals surface area contributed by atoms with E-state index in [9.17, 15) is 5.11 Å². The van der Waals surface area contributed by atoms with Crippen LogP contribution in [-0.2, 0) is 6.42 Å². The van der Waals surface area contributed by atoms with Gasteiger partial charge in [-0.25, -0.2) is 0 Å². The molecule has 0 saturated carbocycles. The summed E-state index contributed by atoms with van der Waals surface area (Å²) in [6.45, 7) is 0.963. The molecule has 1 atom stereocenters. The average Bonchev–Trinajstić information content (AvgIpc) is 2.56. The van der Waals surface area contributed by atoms with Crippen molar-refractivity contribution in [1.82, 2.24) is 0 Å². The number of nitrogens with two attached hydrogens (primary N) is 1. The number of aliphatic hydroxyl groups is 1. The highest BCUT2D eigenvalue weighted by Crippen LogP contribution is 2.42. The van der Waals surface area contributed by atoms with Crippen LogP contribution in [0.2, 0.25) is 0 Å². The van der Waals surface area contributed by atoms with Crippen molar-refractivity contribution < 1.29 is 14.6 Å². The Bertz CT molecular complexity index is 464. The number of benzene rings is 1. The van der Waals surface area contributed by atoms with Crippen LogP contribution in [-0.4, -0.2) is 45.1 Å². The lowest BCUT2D eigenvalue weighted by molar-refractivity contribution is 0.0444. The molecule has 5 heteroatoms. The molecule has 1 aromatic carbocycles. The Kier molecular flexibility index (Phi) is 3.87. The largest absolute Gasteiger partial charge is 0.496 e. The smallest absolute Gasteiger partial charge is 0.142 e. The summed E-state index contributed by atoms with van der Waals surface area (Å²) in [7, 11) is 5.27. The molecule has 0 aliphatic carbocycles. The van der Waals surface area contributed by atoms with Gasteiger partial charge >= 0.3 is 0 Å². The van der Waals surface area contributed by atoms with Crippen molar-refractivity contribution in [2.75, 3.05) is 39.3 Å². The molecular weight excluding hydrogens is 244 g/mol. The lowest BCUT2D eigenvalue weighted by Crippen LogP contribution is -2.40. The van der Waals surface area contributed by atoms with Gasteiger partial charge in [-0.2, -0.15) is 0 Å². The molecular formula is C14H22N2O3. The molecule has 0 radical (unpaired) electrons. The maximum atomic E-state index is 10.6. The molecule has 0 saturated heterocycles. The summed E-state index contributed by atoms with van der Waals surface area (Å²) < 4.78 is 10.8. The molecule has 1 aromatic rings. The van der Waals surface area contributed by atoms with E-state index >= 15 is 0 Å². The highest BCUT2D eigenvalue weighted by molar-refractivity contribution is 5.69. The number of nitrogens with zero attached hydrogens (tertiary/aromatic N) is 1. The summed E-state index contributed by atoms with van der Waals surface area (Å²) in [5, 5.41) is 10.6. The second kappa shape index (κ2) is 5.27. The molecule has 0 spiro atoms. The van der Waals surface area contributed by atoms with Crippen LogP contribution >= 0.6 is 0 Å². The van der Waals surface area contributed by atoms with Crippen LogP contribution in [0.3, 0.4) is 0 Å². The Morgan fingerprint density at radius 3 is 2.53 bits per heavy atom. The van der Waals surface area contributed by atoms with Crippen molar-refractivity contribution in [2.45, 2.75) is 18.4 Å². The first kappa shape index (κ1) is 14.0. The second-order valence-electron chi connectivity index (χ2n) is 5.07. The average molecular weight is 266 g/mol. The zero-order chi connectivity index (χ0) is 14.0.